The second-order valence-electron chi connectivity index (χ2n) is 12.7. The van der Waals surface area contributed by atoms with E-state index in [1.165, 1.54) is 6.42 Å². The zero-order valence-corrected chi connectivity index (χ0v) is 28.9. The summed E-state index contributed by atoms with van der Waals surface area (Å²) in [7, 11) is 0. The highest BCUT2D eigenvalue weighted by Gasteiger charge is 2.76. The van der Waals surface area contributed by atoms with Gasteiger partial charge in [0.1, 0.15) is 11.8 Å². The van der Waals surface area contributed by atoms with Crippen molar-refractivity contribution in [2.24, 2.45) is 11.8 Å². The number of alkyl halides is 1. The number of thioether (sulfide) groups is 1. The zero-order valence-electron chi connectivity index (χ0n) is 26.4. The van der Waals surface area contributed by atoms with Crippen LogP contribution in [0.4, 0.5) is 5.69 Å². The molecular weight excluding hydrogens is 654 g/mol. The van der Waals surface area contributed by atoms with Crippen LogP contribution in [0.3, 0.4) is 0 Å². The van der Waals surface area contributed by atoms with Crippen molar-refractivity contribution in [3.8, 4) is 5.75 Å². The fourth-order valence-electron chi connectivity index (χ4n) is 8.13. The number of nitrogens with zero attached hydrogens (tertiary/aromatic N) is 3. The first-order chi connectivity index (χ1) is 21.8. The van der Waals surface area contributed by atoms with Gasteiger partial charge >= 0.3 is 0 Å². The van der Waals surface area contributed by atoms with E-state index in [9.17, 15) is 19.5 Å². The summed E-state index contributed by atoms with van der Waals surface area (Å²) in [5, 5.41) is 9.25. The molecule has 3 aliphatic heterocycles. The van der Waals surface area contributed by atoms with E-state index in [2.05, 4.69) is 29.1 Å². The highest BCUT2D eigenvalue weighted by atomic mass is 79.9. The summed E-state index contributed by atoms with van der Waals surface area (Å²) < 4.78 is 4.92. The summed E-state index contributed by atoms with van der Waals surface area (Å²) in [6.45, 7) is 11.7. The van der Waals surface area contributed by atoms with Gasteiger partial charge in [0, 0.05) is 48.0 Å². The van der Waals surface area contributed by atoms with E-state index in [1.54, 1.807) is 28.8 Å². The first-order valence-electron chi connectivity index (χ1n) is 16.6. The predicted octanol–water partition coefficient (Wildman–Crippen LogP) is 5.58. The van der Waals surface area contributed by atoms with E-state index >= 15 is 0 Å². The molecule has 0 radical (unpaired) electrons. The summed E-state index contributed by atoms with van der Waals surface area (Å²) in [6, 6.07) is 6.96. The molecule has 246 valence electrons. The maximum atomic E-state index is 14.8. The summed E-state index contributed by atoms with van der Waals surface area (Å²) in [5.41, 5.74) is 0.727. The number of unbranched alkanes of at least 4 members (excludes halogenated alkanes) is 2. The van der Waals surface area contributed by atoms with Crippen LogP contribution < -0.4 is 9.64 Å². The average Bonchev–Trinajstić information content (AvgIpc) is 3.64. The molecule has 0 aromatic heterocycles. The van der Waals surface area contributed by atoms with Gasteiger partial charge in [0.2, 0.25) is 17.7 Å². The molecule has 10 heteroatoms. The fraction of sp³-hybridized carbons (Fsp3) is 0.629. The molecule has 3 saturated heterocycles. The maximum absolute atomic E-state index is 14.8. The molecule has 1 N–H and O–H groups in total. The lowest BCUT2D eigenvalue weighted by molar-refractivity contribution is -0.144. The van der Waals surface area contributed by atoms with Gasteiger partial charge in [-0.1, -0.05) is 47.3 Å². The molecule has 3 unspecified atom stereocenters. The SMILES string of the molecule is C=CCN(C(=O)[C@H]1[C@H]2C(=O)N(CCCCCO)C(C(=O)N(CC=C)C3CCCCC3)C23CC(Br)[C@@H]1S3)c1ccc(OCC)cc1. The monoisotopic (exact) mass is 701 g/mol. The van der Waals surface area contributed by atoms with Crippen molar-refractivity contribution in [3.63, 3.8) is 0 Å². The topological polar surface area (TPSA) is 90.4 Å². The molecule has 1 aliphatic carbocycles. The van der Waals surface area contributed by atoms with E-state index in [1.807, 2.05) is 41.0 Å². The van der Waals surface area contributed by atoms with Gasteiger partial charge in [0.05, 0.1) is 23.2 Å². The molecule has 6 atom stereocenters. The molecule has 3 amide bonds. The number of anilines is 1. The van der Waals surface area contributed by atoms with Crippen LogP contribution in [-0.4, -0.2) is 92.4 Å². The number of aliphatic hydroxyl groups excluding tert-OH is 1. The third kappa shape index (κ3) is 6.48. The molecule has 1 aromatic rings. The van der Waals surface area contributed by atoms with Crippen molar-refractivity contribution in [1.82, 2.24) is 9.80 Å². The highest BCUT2D eigenvalue weighted by Crippen LogP contribution is 2.68. The lowest BCUT2D eigenvalue weighted by Gasteiger charge is -2.41. The van der Waals surface area contributed by atoms with Crippen LogP contribution in [0, 0.1) is 11.8 Å². The van der Waals surface area contributed by atoms with E-state index < -0.39 is 22.6 Å². The Bertz CT molecular complexity index is 1240. The van der Waals surface area contributed by atoms with Crippen molar-refractivity contribution in [2.45, 2.75) is 91.6 Å². The van der Waals surface area contributed by atoms with Crippen molar-refractivity contribution < 1.29 is 24.2 Å². The molecule has 4 aliphatic rings. The molecule has 2 bridgehead atoms. The lowest BCUT2D eigenvalue weighted by Crippen LogP contribution is -2.57. The lowest BCUT2D eigenvalue weighted by atomic mass is 9.70. The van der Waals surface area contributed by atoms with Gasteiger partial charge in [-0.15, -0.1) is 24.9 Å². The molecular formula is C35H48BrN3O5S. The molecule has 4 fully saturated rings. The number of amides is 3. The molecule has 1 spiro atoms. The van der Waals surface area contributed by atoms with Crippen molar-refractivity contribution >= 4 is 51.1 Å². The maximum Gasteiger partial charge on any atom is 0.247 e. The second kappa shape index (κ2) is 15.1. The fourth-order valence-corrected chi connectivity index (χ4v) is 11.7. The smallest absolute Gasteiger partial charge is 0.247 e. The normalized spacial score (nSPS) is 29.0. The minimum Gasteiger partial charge on any atom is -0.494 e. The Hall–Kier alpha value is -2.30. The van der Waals surface area contributed by atoms with Gasteiger partial charge in [-0.05, 0) is 69.7 Å². The van der Waals surface area contributed by atoms with E-state index in [4.69, 9.17) is 4.74 Å². The van der Waals surface area contributed by atoms with Gasteiger partial charge in [-0.3, -0.25) is 14.4 Å². The van der Waals surface area contributed by atoms with E-state index in [-0.39, 0.29) is 40.4 Å². The number of halogens is 1. The Morgan fingerprint density at radius 1 is 1.09 bits per heavy atom. The van der Waals surface area contributed by atoms with Crippen LogP contribution in [0.15, 0.2) is 49.6 Å². The third-order valence-electron chi connectivity index (χ3n) is 10.0. The molecule has 45 heavy (non-hydrogen) atoms. The predicted molar refractivity (Wildman–Crippen MR) is 184 cm³/mol. The second-order valence-corrected chi connectivity index (χ2v) is 15.4. The Balaban J connectivity index is 1.51. The van der Waals surface area contributed by atoms with E-state index in [0.29, 0.717) is 45.5 Å². The quantitative estimate of drug-likeness (QED) is 0.146. The largest absolute Gasteiger partial charge is 0.494 e. The number of carbonyl (C=O) groups excluding carboxylic acids is 3. The van der Waals surface area contributed by atoms with Crippen LogP contribution in [0.2, 0.25) is 0 Å². The number of hydrogen-bond donors (Lipinski definition) is 1. The molecule has 5 rings (SSSR count). The first kappa shape index (κ1) is 34.0. The Morgan fingerprint density at radius 2 is 1.80 bits per heavy atom. The number of rotatable bonds is 15. The summed E-state index contributed by atoms with van der Waals surface area (Å²) >= 11 is 5.60. The Morgan fingerprint density at radius 3 is 2.44 bits per heavy atom. The van der Waals surface area contributed by atoms with E-state index in [0.717, 1.165) is 43.5 Å². The highest BCUT2D eigenvalue weighted by molar-refractivity contribution is 9.09. The van der Waals surface area contributed by atoms with Gasteiger partial charge in [0.15, 0.2) is 0 Å². The minimum atomic E-state index is -0.697. The number of aliphatic hydroxyl groups is 1. The summed E-state index contributed by atoms with van der Waals surface area (Å²) in [6.07, 6.45) is 11.6. The molecule has 1 aromatic carbocycles. The van der Waals surface area contributed by atoms with Gasteiger partial charge in [-0.2, -0.15) is 0 Å². The van der Waals surface area contributed by atoms with Crippen LogP contribution in [0.25, 0.3) is 0 Å². The van der Waals surface area contributed by atoms with Crippen molar-refractivity contribution in [3.05, 3.63) is 49.6 Å². The minimum absolute atomic E-state index is 0.00131. The number of hydrogen-bond acceptors (Lipinski definition) is 6. The van der Waals surface area contributed by atoms with Gasteiger partial charge in [0.25, 0.3) is 0 Å². The number of likely N-dealkylation sites (tertiary alicyclic amines) is 1. The van der Waals surface area contributed by atoms with Crippen LogP contribution in [-0.2, 0) is 14.4 Å². The van der Waals surface area contributed by atoms with Crippen molar-refractivity contribution in [1.29, 1.82) is 0 Å². The van der Waals surface area contributed by atoms with Gasteiger partial charge in [-0.25, -0.2) is 0 Å². The Kier molecular flexibility index (Phi) is 11.4. The third-order valence-corrected chi connectivity index (χ3v) is 13.2. The standard InChI is InChI=1S/C35H48BrN3O5S/c1-4-19-37(25-15-17-26(18-16-25)44-6-3)32(41)28-29-33(42)39(21-11-8-12-22-40)31(35(29)23-27(36)30(28)45-35)34(43)38(20-5-2)24-13-9-7-10-14-24/h4-5,15-18,24,27-31,40H,1-2,6-14,19-23H2,3H3/t27?,28-,29-,30-,31?,35?/m0/s1. The average molecular weight is 703 g/mol. The number of ether oxygens (including phenoxy) is 1. The van der Waals surface area contributed by atoms with Crippen LogP contribution in [0.1, 0.15) is 64.7 Å². The molecule has 8 nitrogen and oxygen atoms in total. The number of benzene rings is 1. The van der Waals surface area contributed by atoms with Crippen LogP contribution >= 0.6 is 27.7 Å². The number of fused-ring (bicyclic) bond motifs is 1. The molecule has 3 heterocycles. The first-order valence-corrected chi connectivity index (χ1v) is 18.4. The molecule has 1 saturated carbocycles. The zero-order chi connectivity index (χ0) is 32.1. The van der Waals surface area contributed by atoms with Crippen molar-refractivity contribution in [2.75, 3.05) is 37.7 Å². The number of carbonyl (C=O) groups is 3. The summed E-state index contributed by atoms with van der Waals surface area (Å²) in [5.74, 6) is -0.634. The Labute approximate surface area is 280 Å². The van der Waals surface area contributed by atoms with Gasteiger partial charge < -0.3 is 24.5 Å². The van der Waals surface area contributed by atoms with Crippen LogP contribution in [0.5, 0.6) is 5.75 Å². The summed E-state index contributed by atoms with van der Waals surface area (Å²) in [4.78, 5) is 49.6.